The van der Waals surface area contributed by atoms with Crippen LogP contribution in [0.15, 0.2) is 0 Å². The lowest BCUT2D eigenvalue weighted by atomic mass is 10.00. The summed E-state index contributed by atoms with van der Waals surface area (Å²) in [6.07, 6.45) is 4.19. The molecule has 2 unspecified atom stereocenters. The van der Waals surface area contributed by atoms with Crippen LogP contribution in [0.1, 0.15) is 26.2 Å². The lowest BCUT2D eigenvalue weighted by Crippen LogP contribution is -2.38. The van der Waals surface area contributed by atoms with E-state index in [2.05, 4.69) is 17.1 Å². The standard InChI is InChI=1S/C10H20N2/c1-2-9-7-11-8-10(9)12-5-3-4-6-12/h9-11H,2-8H2,1H3. The molecule has 0 amide bonds. The molecule has 2 fully saturated rings. The molecule has 2 aliphatic rings. The third-order valence-electron chi connectivity index (χ3n) is 3.44. The van der Waals surface area contributed by atoms with Crippen LogP contribution in [0.25, 0.3) is 0 Å². The van der Waals surface area contributed by atoms with Crippen LogP contribution in [0.2, 0.25) is 0 Å². The second-order valence-electron chi connectivity index (χ2n) is 4.14. The van der Waals surface area contributed by atoms with Crippen molar-refractivity contribution in [2.45, 2.75) is 32.2 Å². The molecular weight excluding hydrogens is 148 g/mol. The van der Waals surface area contributed by atoms with Gasteiger partial charge in [-0.1, -0.05) is 13.3 Å². The van der Waals surface area contributed by atoms with Crippen molar-refractivity contribution in [2.75, 3.05) is 26.2 Å². The maximum atomic E-state index is 3.51. The van der Waals surface area contributed by atoms with Gasteiger partial charge in [-0.05, 0) is 38.4 Å². The molecule has 2 saturated heterocycles. The van der Waals surface area contributed by atoms with E-state index in [0.717, 1.165) is 12.0 Å². The van der Waals surface area contributed by atoms with Gasteiger partial charge in [-0.2, -0.15) is 0 Å². The lowest BCUT2D eigenvalue weighted by Gasteiger charge is -2.27. The van der Waals surface area contributed by atoms with Crippen molar-refractivity contribution >= 4 is 0 Å². The summed E-state index contributed by atoms with van der Waals surface area (Å²) in [5.41, 5.74) is 0. The van der Waals surface area contributed by atoms with Crippen molar-refractivity contribution in [1.29, 1.82) is 0 Å². The van der Waals surface area contributed by atoms with Gasteiger partial charge < -0.3 is 5.32 Å². The maximum absolute atomic E-state index is 3.51. The lowest BCUT2D eigenvalue weighted by molar-refractivity contribution is 0.208. The Bertz CT molecular complexity index is 141. The van der Waals surface area contributed by atoms with Crippen LogP contribution in [0.3, 0.4) is 0 Å². The summed E-state index contributed by atoms with van der Waals surface area (Å²) in [5, 5.41) is 3.51. The number of likely N-dealkylation sites (tertiary alicyclic amines) is 1. The number of nitrogens with one attached hydrogen (secondary N) is 1. The highest BCUT2D eigenvalue weighted by atomic mass is 15.2. The third-order valence-corrected chi connectivity index (χ3v) is 3.44. The largest absolute Gasteiger partial charge is 0.315 e. The van der Waals surface area contributed by atoms with Gasteiger partial charge in [0.25, 0.3) is 0 Å². The van der Waals surface area contributed by atoms with Gasteiger partial charge in [-0.3, -0.25) is 4.90 Å². The molecule has 0 aromatic heterocycles. The van der Waals surface area contributed by atoms with Gasteiger partial charge in [0.05, 0.1) is 0 Å². The first kappa shape index (κ1) is 8.52. The Morgan fingerprint density at radius 2 is 2.00 bits per heavy atom. The van der Waals surface area contributed by atoms with E-state index in [0.29, 0.717) is 0 Å². The summed E-state index contributed by atoms with van der Waals surface area (Å²) in [7, 11) is 0. The third kappa shape index (κ3) is 1.50. The topological polar surface area (TPSA) is 15.3 Å². The van der Waals surface area contributed by atoms with Crippen LogP contribution in [-0.4, -0.2) is 37.1 Å². The average molecular weight is 168 g/mol. The summed E-state index contributed by atoms with van der Waals surface area (Å²) < 4.78 is 0. The molecule has 0 aromatic carbocycles. The summed E-state index contributed by atoms with van der Waals surface area (Å²) in [4.78, 5) is 2.69. The molecular formula is C10H20N2. The maximum Gasteiger partial charge on any atom is 0.0260 e. The van der Waals surface area contributed by atoms with Crippen molar-refractivity contribution in [1.82, 2.24) is 10.2 Å². The van der Waals surface area contributed by atoms with Crippen molar-refractivity contribution < 1.29 is 0 Å². The normalized spacial score (nSPS) is 37.8. The minimum absolute atomic E-state index is 0.859. The van der Waals surface area contributed by atoms with Gasteiger partial charge in [0.1, 0.15) is 0 Å². The van der Waals surface area contributed by atoms with Crippen molar-refractivity contribution in [3.63, 3.8) is 0 Å². The van der Waals surface area contributed by atoms with Crippen molar-refractivity contribution in [3.8, 4) is 0 Å². The first-order valence-electron chi connectivity index (χ1n) is 5.36. The van der Waals surface area contributed by atoms with E-state index in [-0.39, 0.29) is 0 Å². The van der Waals surface area contributed by atoms with Gasteiger partial charge in [0.15, 0.2) is 0 Å². The zero-order valence-corrected chi connectivity index (χ0v) is 8.05. The molecule has 0 saturated carbocycles. The van der Waals surface area contributed by atoms with Crippen LogP contribution in [0.4, 0.5) is 0 Å². The van der Waals surface area contributed by atoms with Crippen LogP contribution in [0.5, 0.6) is 0 Å². The van der Waals surface area contributed by atoms with Crippen LogP contribution in [-0.2, 0) is 0 Å². The second kappa shape index (κ2) is 3.75. The molecule has 0 spiro atoms. The number of nitrogens with zero attached hydrogens (tertiary/aromatic N) is 1. The quantitative estimate of drug-likeness (QED) is 0.664. The first-order valence-corrected chi connectivity index (χ1v) is 5.36. The molecule has 2 heteroatoms. The molecule has 2 atom stereocenters. The molecule has 2 aliphatic heterocycles. The summed E-state index contributed by atoms with van der Waals surface area (Å²) in [6.45, 7) is 7.50. The second-order valence-corrected chi connectivity index (χ2v) is 4.14. The predicted octanol–water partition coefficient (Wildman–Crippen LogP) is 1.08. The van der Waals surface area contributed by atoms with Crippen molar-refractivity contribution in [2.24, 2.45) is 5.92 Å². The Labute approximate surface area is 75.3 Å². The minimum atomic E-state index is 0.859. The molecule has 0 bridgehead atoms. The van der Waals surface area contributed by atoms with Gasteiger partial charge in [0.2, 0.25) is 0 Å². The van der Waals surface area contributed by atoms with Gasteiger partial charge in [-0.25, -0.2) is 0 Å². The van der Waals surface area contributed by atoms with E-state index in [1.54, 1.807) is 0 Å². The first-order chi connectivity index (χ1) is 5.92. The highest BCUT2D eigenvalue weighted by molar-refractivity contribution is 4.89. The van der Waals surface area contributed by atoms with E-state index in [1.807, 2.05) is 0 Å². The minimum Gasteiger partial charge on any atom is -0.315 e. The fourth-order valence-corrected chi connectivity index (χ4v) is 2.64. The van der Waals surface area contributed by atoms with Crippen LogP contribution >= 0.6 is 0 Å². The van der Waals surface area contributed by atoms with E-state index in [4.69, 9.17) is 0 Å². The highest BCUT2D eigenvalue weighted by Crippen LogP contribution is 2.22. The van der Waals surface area contributed by atoms with E-state index >= 15 is 0 Å². The smallest absolute Gasteiger partial charge is 0.0260 e. The molecule has 2 rings (SSSR count). The molecule has 2 heterocycles. The van der Waals surface area contributed by atoms with Gasteiger partial charge in [-0.15, -0.1) is 0 Å². The zero-order valence-electron chi connectivity index (χ0n) is 8.05. The summed E-state index contributed by atoms with van der Waals surface area (Å²) >= 11 is 0. The molecule has 0 radical (unpaired) electrons. The monoisotopic (exact) mass is 168 g/mol. The summed E-state index contributed by atoms with van der Waals surface area (Å²) in [6, 6.07) is 0.859. The predicted molar refractivity (Wildman–Crippen MR) is 51.2 cm³/mol. The number of rotatable bonds is 2. The van der Waals surface area contributed by atoms with E-state index in [9.17, 15) is 0 Å². The highest BCUT2D eigenvalue weighted by Gasteiger charge is 2.31. The molecule has 1 N–H and O–H groups in total. The molecule has 0 aliphatic carbocycles. The number of hydrogen-bond donors (Lipinski definition) is 1. The van der Waals surface area contributed by atoms with Gasteiger partial charge >= 0.3 is 0 Å². The summed E-state index contributed by atoms with van der Waals surface area (Å²) in [5.74, 6) is 0.920. The fourth-order valence-electron chi connectivity index (χ4n) is 2.64. The average Bonchev–Trinajstić information content (AvgIpc) is 2.74. The Morgan fingerprint density at radius 3 is 2.67 bits per heavy atom. The molecule has 70 valence electrons. The Kier molecular flexibility index (Phi) is 2.66. The Balaban J connectivity index is 1.92. The molecule has 0 aromatic rings. The van der Waals surface area contributed by atoms with Crippen molar-refractivity contribution in [3.05, 3.63) is 0 Å². The van der Waals surface area contributed by atoms with E-state index in [1.165, 1.54) is 45.4 Å². The van der Waals surface area contributed by atoms with E-state index < -0.39 is 0 Å². The SMILES string of the molecule is CCC1CNCC1N1CCCC1. The Hall–Kier alpha value is -0.0800. The Morgan fingerprint density at radius 1 is 1.25 bits per heavy atom. The van der Waals surface area contributed by atoms with Gasteiger partial charge in [0, 0.05) is 12.6 Å². The fraction of sp³-hybridized carbons (Fsp3) is 1.00. The molecule has 12 heavy (non-hydrogen) atoms. The zero-order chi connectivity index (χ0) is 8.39. The van der Waals surface area contributed by atoms with Crippen LogP contribution in [0, 0.1) is 5.92 Å². The number of hydrogen-bond acceptors (Lipinski definition) is 2. The van der Waals surface area contributed by atoms with Crippen LogP contribution < -0.4 is 5.32 Å². The molecule has 2 nitrogen and oxygen atoms in total.